The molecule has 2 unspecified atom stereocenters. The number of rotatable bonds is 7. The fourth-order valence-electron chi connectivity index (χ4n) is 4.09. The fraction of sp³-hybridized carbons (Fsp3) is 0.619. The zero-order valence-electron chi connectivity index (χ0n) is 16.4. The van der Waals surface area contributed by atoms with Crippen molar-refractivity contribution in [3.05, 3.63) is 35.9 Å². The second-order valence-electron chi connectivity index (χ2n) is 7.63. The van der Waals surface area contributed by atoms with Gasteiger partial charge in [0, 0.05) is 18.9 Å². The number of amides is 3. The number of carbonyl (C=O) groups is 2. The van der Waals surface area contributed by atoms with Crippen molar-refractivity contribution in [3.8, 4) is 0 Å². The van der Waals surface area contributed by atoms with Gasteiger partial charge in [-0.3, -0.25) is 0 Å². The lowest BCUT2D eigenvalue weighted by molar-refractivity contribution is -0.787. The van der Waals surface area contributed by atoms with Gasteiger partial charge in [-0.1, -0.05) is 50.6 Å². The molecule has 1 aliphatic heterocycles. The molecule has 3 amide bonds. The highest BCUT2D eigenvalue weighted by molar-refractivity contribution is 5.87. The number of carbonyl (C=O) groups excluding carboxylic acids is 2. The lowest BCUT2D eigenvalue weighted by Crippen LogP contribution is -2.66. The number of benzene rings is 1. The molecule has 0 saturated carbocycles. The summed E-state index contributed by atoms with van der Waals surface area (Å²) in [5.74, 6) is 0.168. The topological polar surface area (TPSA) is 72.2 Å². The van der Waals surface area contributed by atoms with Crippen molar-refractivity contribution in [3.63, 3.8) is 0 Å². The van der Waals surface area contributed by atoms with Gasteiger partial charge < -0.3 is 11.1 Å². The van der Waals surface area contributed by atoms with E-state index in [9.17, 15) is 9.59 Å². The number of urea groups is 1. The zero-order chi connectivity index (χ0) is 19.2. The Morgan fingerprint density at radius 1 is 1.27 bits per heavy atom. The first kappa shape index (κ1) is 20.6. The first-order valence-corrected chi connectivity index (χ1v) is 9.95. The van der Waals surface area contributed by atoms with Gasteiger partial charge in [0.1, 0.15) is 12.1 Å². The summed E-state index contributed by atoms with van der Waals surface area (Å²) in [6.07, 6.45) is 4.23. The molecule has 1 saturated heterocycles. The van der Waals surface area contributed by atoms with E-state index in [2.05, 4.69) is 24.4 Å². The second kappa shape index (κ2) is 9.28. The molecule has 26 heavy (non-hydrogen) atoms. The molecule has 4 atom stereocenters. The van der Waals surface area contributed by atoms with Gasteiger partial charge in [-0.15, -0.1) is 0 Å². The van der Waals surface area contributed by atoms with Crippen molar-refractivity contribution in [2.75, 3.05) is 13.1 Å². The Morgan fingerprint density at radius 2 is 1.96 bits per heavy atom. The van der Waals surface area contributed by atoms with Crippen LogP contribution in [0.15, 0.2) is 30.3 Å². The van der Waals surface area contributed by atoms with E-state index in [1.807, 2.05) is 32.0 Å². The molecule has 1 aromatic rings. The summed E-state index contributed by atoms with van der Waals surface area (Å²) in [6, 6.07) is 9.48. The number of imide groups is 1. The molecule has 0 aliphatic carbocycles. The average molecular weight is 361 g/mol. The van der Waals surface area contributed by atoms with Crippen molar-refractivity contribution in [2.24, 2.45) is 11.7 Å². The third kappa shape index (κ3) is 4.33. The number of nitrogens with two attached hydrogens (primary N) is 1. The summed E-state index contributed by atoms with van der Waals surface area (Å²) in [6.45, 7) is 7.16. The van der Waals surface area contributed by atoms with Gasteiger partial charge >= 0.3 is 11.9 Å². The SMILES string of the molecule is CCCCNC(=O)[N+]1(C(=O)[C@@H](N)CC)C[C@@H](Cc2ccccc2)CC1C. The van der Waals surface area contributed by atoms with E-state index in [1.54, 1.807) is 0 Å². The molecule has 0 radical (unpaired) electrons. The fourth-order valence-corrected chi connectivity index (χ4v) is 4.09. The van der Waals surface area contributed by atoms with Crippen molar-refractivity contribution in [1.29, 1.82) is 0 Å². The molecule has 0 aromatic heterocycles. The van der Waals surface area contributed by atoms with E-state index in [4.69, 9.17) is 5.73 Å². The van der Waals surface area contributed by atoms with Crippen molar-refractivity contribution in [2.45, 2.75) is 65.0 Å². The molecular formula is C21H34N3O2+. The minimum atomic E-state index is -0.593. The highest BCUT2D eigenvalue weighted by Crippen LogP contribution is 2.35. The lowest BCUT2D eigenvalue weighted by Gasteiger charge is -2.34. The van der Waals surface area contributed by atoms with Crippen LogP contribution >= 0.6 is 0 Å². The van der Waals surface area contributed by atoms with Crippen LogP contribution < -0.4 is 11.1 Å². The van der Waals surface area contributed by atoms with Crippen LogP contribution in [-0.2, 0) is 11.2 Å². The van der Waals surface area contributed by atoms with E-state index in [0.29, 0.717) is 25.4 Å². The maximum Gasteiger partial charge on any atom is 0.424 e. The third-order valence-corrected chi connectivity index (χ3v) is 5.66. The van der Waals surface area contributed by atoms with Gasteiger partial charge in [-0.05, 0) is 31.7 Å². The molecule has 1 aliphatic rings. The molecule has 2 rings (SSSR count). The summed E-state index contributed by atoms with van der Waals surface area (Å²) in [5, 5.41) is 3.00. The van der Waals surface area contributed by atoms with E-state index < -0.39 is 6.04 Å². The standard InChI is InChI=1S/C21H33N3O2/c1-4-6-12-23-21(26)24(20(25)19(22)5-2)15-18(13-16(24)3)14-17-10-8-7-9-11-17/h7-11,16,18-19H,4-6,12-15,22H2,1-3H3/p+1/t16?,18-,19+,24?/m1/s1. The first-order valence-electron chi connectivity index (χ1n) is 9.95. The molecule has 0 bridgehead atoms. The highest BCUT2D eigenvalue weighted by Gasteiger charge is 2.56. The Hall–Kier alpha value is -1.72. The van der Waals surface area contributed by atoms with Crippen molar-refractivity contribution >= 4 is 11.9 Å². The van der Waals surface area contributed by atoms with Crippen LogP contribution in [0.5, 0.6) is 0 Å². The summed E-state index contributed by atoms with van der Waals surface area (Å²) in [7, 11) is 0. The highest BCUT2D eigenvalue weighted by atomic mass is 16.2. The van der Waals surface area contributed by atoms with Gasteiger partial charge in [0.25, 0.3) is 0 Å². The maximum absolute atomic E-state index is 13.2. The van der Waals surface area contributed by atoms with Gasteiger partial charge in [-0.2, -0.15) is 4.48 Å². The summed E-state index contributed by atoms with van der Waals surface area (Å²) in [4.78, 5) is 26.3. The summed E-state index contributed by atoms with van der Waals surface area (Å²) >= 11 is 0. The number of hydrogen-bond acceptors (Lipinski definition) is 3. The molecule has 1 heterocycles. The van der Waals surface area contributed by atoms with Crippen LogP contribution in [0.1, 0.15) is 52.0 Å². The lowest BCUT2D eigenvalue weighted by atomic mass is 9.97. The van der Waals surface area contributed by atoms with Crippen molar-refractivity contribution in [1.82, 2.24) is 5.32 Å². The maximum atomic E-state index is 13.2. The number of likely N-dealkylation sites (tertiary alicyclic amines) is 1. The summed E-state index contributed by atoms with van der Waals surface area (Å²) < 4.78 is -0.143. The largest absolute Gasteiger partial charge is 0.424 e. The molecular weight excluding hydrogens is 326 g/mol. The molecule has 5 nitrogen and oxygen atoms in total. The van der Waals surface area contributed by atoms with E-state index in [-0.39, 0.29) is 22.5 Å². The predicted molar refractivity (Wildman–Crippen MR) is 104 cm³/mol. The number of unbranched alkanes of at least 4 members (excludes halogenated alkanes) is 1. The first-order chi connectivity index (χ1) is 12.5. The van der Waals surface area contributed by atoms with Gasteiger partial charge in [0.05, 0.1) is 6.54 Å². The average Bonchev–Trinajstić information content (AvgIpc) is 2.98. The van der Waals surface area contributed by atoms with Gasteiger partial charge in [-0.25, -0.2) is 9.59 Å². The van der Waals surface area contributed by atoms with Crippen LogP contribution in [0.2, 0.25) is 0 Å². The van der Waals surface area contributed by atoms with Crippen molar-refractivity contribution < 1.29 is 14.1 Å². The number of hydrogen-bond donors (Lipinski definition) is 2. The molecule has 0 spiro atoms. The number of nitrogens with zero attached hydrogens (tertiary/aromatic N) is 1. The minimum absolute atomic E-state index is 0.0459. The quantitative estimate of drug-likeness (QED) is 0.579. The molecule has 5 heteroatoms. The normalized spacial score (nSPS) is 26.5. The molecule has 3 N–H and O–H groups in total. The molecule has 144 valence electrons. The van der Waals surface area contributed by atoms with Crippen LogP contribution in [0.3, 0.4) is 0 Å². The van der Waals surface area contributed by atoms with Crippen LogP contribution in [0, 0.1) is 5.92 Å². The Kier molecular flexibility index (Phi) is 7.35. The monoisotopic (exact) mass is 360 g/mol. The van der Waals surface area contributed by atoms with Crippen LogP contribution in [0.25, 0.3) is 0 Å². The Bertz CT molecular complexity index is 605. The van der Waals surface area contributed by atoms with Crippen LogP contribution in [0.4, 0.5) is 4.79 Å². The van der Waals surface area contributed by atoms with E-state index >= 15 is 0 Å². The predicted octanol–water partition coefficient (Wildman–Crippen LogP) is 3.23. The second-order valence-corrected chi connectivity index (χ2v) is 7.63. The van der Waals surface area contributed by atoms with Crippen LogP contribution in [-0.4, -0.2) is 41.6 Å². The van der Waals surface area contributed by atoms with E-state index in [1.165, 1.54) is 5.56 Å². The number of quaternary nitrogens is 1. The van der Waals surface area contributed by atoms with E-state index in [0.717, 1.165) is 25.7 Å². The molecule has 1 fully saturated rings. The number of nitrogens with one attached hydrogen (secondary N) is 1. The summed E-state index contributed by atoms with van der Waals surface area (Å²) in [5.41, 5.74) is 7.34. The Balaban J connectivity index is 2.22. The molecule has 1 aromatic carbocycles. The van der Waals surface area contributed by atoms with Gasteiger partial charge in [0.15, 0.2) is 0 Å². The minimum Gasteiger partial charge on any atom is -0.316 e. The zero-order valence-corrected chi connectivity index (χ0v) is 16.4. The van der Waals surface area contributed by atoms with Gasteiger partial charge in [0.2, 0.25) is 0 Å². The third-order valence-electron chi connectivity index (χ3n) is 5.66. The smallest absolute Gasteiger partial charge is 0.316 e. The Labute approximate surface area is 157 Å². The Morgan fingerprint density at radius 3 is 2.58 bits per heavy atom.